The van der Waals surface area contributed by atoms with Gasteiger partial charge in [0.25, 0.3) is 0 Å². The zero-order chi connectivity index (χ0) is 10.7. The molecule has 1 heterocycles. The highest BCUT2D eigenvalue weighted by Gasteiger charge is 2.14. The van der Waals surface area contributed by atoms with Crippen molar-refractivity contribution in [3.05, 3.63) is 10.6 Å². The summed E-state index contributed by atoms with van der Waals surface area (Å²) in [6.07, 6.45) is 0. The van der Waals surface area contributed by atoms with Crippen molar-refractivity contribution in [3.63, 3.8) is 0 Å². The summed E-state index contributed by atoms with van der Waals surface area (Å²) in [5.74, 6) is 0. The lowest BCUT2D eigenvalue weighted by molar-refractivity contribution is 0.704. The van der Waals surface area contributed by atoms with Crippen LogP contribution in [0.4, 0.5) is 5.13 Å². The molecule has 0 N–H and O–H groups in total. The van der Waals surface area contributed by atoms with E-state index in [2.05, 4.69) is 53.5 Å². The Balaban J connectivity index is 2.87. The summed E-state index contributed by atoms with van der Waals surface area (Å²) in [7, 11) is 0. The molecule has 0 fully saturated rings. The van der Waals surface area contributed by atoms with E-state index in [1.165, 1.54) is 4.88 Å². The lowest BCUT2D eigenvalue weighted by Crippen LogP contribution is -2.32. The molecule has 0 aliphatic heterocycles. The van der Waals surface area contributed by atoms with Gasteiger partial charge in [-0.3, -0.25) is 0 Å². The summed E-state index contributed by atoms with van der Waals surface area (Å²) in [5, 5.41) is 2.14. The number of aryl methyl sites for hydroxylation is 2. The number of aromatic nitrogens is 1. The van der Waals surface area contributed by atoms with Crippen LogP contribution in [0.15, 0.2) is 0 Å². The van der Waals surface area contributed by atoms with Gasteiger partial charge in [0.05, 0.1) is 5.69 Å². The molecule has 2 nitrogen and oxygen atoms in total. The highest BCUT2D eigenvalue weighted by molar-refractivity contribution is 9.09. The predicted molar refractivity (Wildman–Crippen MR) is 67.9 cm³/mol. The second-order valence-electron chi connectivity index (χ2n) is 3.61. The quantitative estimate of drug-likeness (QED) is 0.784. The molecule has 1 aromatic heterocycles. The number of hydrogen-bond acceptors (Lipinski definition) is 3. The van der Waals surface area contributed by atoms with Crippen LogP contribution in [0.1, 0.15) is 24.4 Å². The Bertz CT molecular complexity index is 277. The van der Waals surface area contributed by atoms with Crippen molar-refractivity contribution >= 4 is 32.4 Å². The van der Waals surface area contributed by atoms with Crippen molar-refractivity contribution < 1.29 is 0 Å². The molecule has 0 spiro atoms. The lowest BCUT2D eigenvalue weighted by Gasteiger charge is -2.25. The number of hydrogen-bond donors (Lipinski definition) is 0. The Kier molecular flexibility index (Phi) is 4.38. The number of alkyl halides is 1. The number of nitrogens with zero attached hydrogens (tertiary/aromatic N) is 2. The van der Waals surface area contributed by atoms with Crippen molar-refractivity contribution in [2.75, 3.05) is 16.8 Å². The molecule has 14 heavy (non-hydrogen) atoms. The van der Waals surface area contributed by atoms with Gasteiger partial charge in [-0.2, -0.15) is 0 Å². The fourth-order valence-electron chi connectivity index (χ4n) is 1.24. The third kappa shape index (κ3) is 2.70. The van der Waals surface area contributed by atoms with E-state index in [9.17, 15) is 0 Å². The number of halogens is 1. The first kappa shape index (κ1) is 12.0. The molecular formula is C10H17BrN2S. The molecular weight excluding hydrogens is 260 g/mol. The van der Waals surface area contributed by atoms with Gasteiger partial charge in [0.1, 0.15) is 0 Å². The maximum absolute atomic E-state index is 4.57. The average molecular weight is 277 g/mol. The van der Waals surface area contributed by atoms with Crippen LogP contribution in [0, 0.1) is 13.8 Å². The van der Waals surface area contributed by atoms with Crippen molar-refractivity contribution in [1.82, 2.24) is 4.98 Å². The number of anilines is 1. The van der Waals surface area contributed by atoms with E-state index >= 15 is 0 Å². The Morgan fingerprint density at radius 3 is 2.43 bits per heavy atom. The lowest BCUT2D eigenvalue weighted by atomic mass is 10.3. The molecule has 0 saturated carbocycles. The molecule has 0 aromatic carbocycles. The van der Waals surface area contributed by atoms with E-state index in [1.807, 2.05) is 0 Å². The van der Waals surface area contributed by atoms with Crippen molar-refractivity contribution in [1.29, 1.82) is 0 Å². The summed E-state index contributed by atoms with van der Waals surface area (Å²) in [5.41, 5.74) is 1.16. The van der Waals surface area contributed by atoms with Crippen molar-refractivity contribution in [3.8, 4) is 0 Å². The van der Waals surface area contributed by atoms with Crippen LogP contribution in [0.2, 0.25) is 0 Å². The minimum atomic E-state index is 0.512. The van der Waals surface area contributed by atoms with Crippen LogP contribution in [-0.2, 0) is 0 Å². The van der Waals surface area contributed by atoms with E-state index in [0.717, 1.165) is 22.7 Å². The Hall–Kier alpha value is -0.0900. The number of rotatable bonds is 4. The summed E-state index contributed by atoms with van der Waals surface area (Å²) in [6, 6.07) is 0.512. The smallest absolute Gasteiger partial charge is 0.186 e. The van der Waals surface area contributed by atoms with Gasteiger partial charge in [-0.05, 0) is 27.7 Å². The van der Waals surface area contributed by atoms with Crippen molar-refractivity contribution in [2.24, 2.45) is 0 Å². The van der Waals surface area contributed by atoms with Crippen LogP contribution in [0.5, 0.6) is 0 Å². The second-order valence-corrected chi connectivity index (χ2v) is 5.59. The van der Waals surface area contributed by atoms with Gasteiger partial charge in [0, 0.05) is 22.8 Å². The standard InChI is InChI=1S/C10H17BrN2S/c1-7(2)13(6-5-11)10-12-8(3)9(4)14-10/h7H,5-6H2,1-4H3. The van der Waals surface area contributed by atoms with E-state index in [1.54, 1.807) is 11.3 Å². The van der Waals surface area contributed by atoms with Crippen LogP contribution in [0.3, 0.4) is 0 Å². The molecule has 0 aliphatic rings. The van der Waals surface area contributed by atoms with E-state index < -0.39 is 0 Å². The van der Waals surface area contributed by atoms with E-state index in [4.69, 9.17) is 0 Å². The highest BCUT2D eigenvalue weighted by Crippen LogP contribution is 2.26. The van der Waals surface area contributed by atoms with Crippen LogP contribution < -0.4 is 4.90 Å². The molecule has 1 aromatic rings. The van der Waals surface area contributed by atoms with Crippen LogP contribution in [0.25, 0.3) is 0 Å². The average Bonchev–Trinajstić information content (AvgIpc) is 2.42. The molecule has 0 radical (unpaired) electrons. The van der Waals surface area contributed by atoms with Crippen LogP contribution >= 0.6 is 27.3 Å². The van der Waals surface area contributed by atoms with Crippen LogP contribution in [-0.4, -0.2) is 22.9 Å². The molecule has 0 saturated heterocycles. The van der Waals surface area contributed by atoms with Gasteiger partial charge >= 0.3 is 0 Å². The molecule has 1 rings (SSSR count). The molecule has 4 heteroatoms. The van der Waals surface area contributed by atoms with Gasteiger partial charge in [-0.15, -0.1) is 11.3 Å². The minimum absolute atomic E-state index is 0.512. The molecule has 0 bridgehead atoms. The van der Waals surface area contributed by atoms with Gasteiger partial charge in [-0.25, -0.2) is 4.98 Å². The molecule has 0 atom stereocenters. The zero-order valence-corrected chi connectivity index (χ0v) is 11.6. The zero-order valence-electron chi connectivity index (χ0n) is 9.17. The fourth-order valence-corrected chi connectivity index (χ4v) is 2.70. The topological polar surface area (TPSA) is 16.1 Å². The van der Waals surface area contributed by atoms with Crippen molar-refractivity contribution in [2.45, 2.75) is 33.7 Å². The van der Waals surface area contributed by atoms with Gasteiger partial charge in [0.15, 0.2) is 5.13 Å². The van der Waals surface area contributed by atoms with Gasteiger partial charge in [-0.1, -0.05) is 15.9 Å². The first-order chi connectivity index (χ1) is 6.56. The van der Waals surface area contributed by atoms with E-state index in [0.29, 0.717) is 6.04 Å². The largest absolute Gasteiger partial charge is 0.345 e. The van der Waals surface area contributed by atoms with E-state index in [-0.39, 0.29) is 0 Å². The normalized spacial score (nSPS) is 11.0. The molecule has 80 valence electrons. The number of thiazole rings is 1. The Morgan fingerprint density at radius 2 is 2.07 bits per heavy atom. The SMILES string of the molecule is Cc1nc(N(CCBr)C(C)C)sc1C. The minimum Gasteiger partial charge on any atom is -0.345 e. The molecule has 0 amide bonds. The maximum atomic E-state index is 4.57. The third-order valence-corrected chi connectivity index (χ3v) is 3.68. The highest BCUT2D eigenvalue weighted by atomic mass is 79.9. The third-order valence-electron chi connectivity index (χ3n) is 2.21. The predicted octanol–water partition coefficient (Wildman–Crippen LogP) is 3.37. The van der Waals surface area contributed by atoms with Gasteiger partial charge in [0.2, 0.25) is 0 Å². The summed E-state index contributed by atoms with van der Waals surface area (Å²) >= 11 is 5.26. The summed E-state index contributed by atoms with van der Waals surface area (Å²) in [4.78, 5) is 8.23. The van der Waals surface area contributed by atoms with Gasteiger partial charge < -0.3 is 4.90 Å². The first-order valence-electron chi connectivity index (χ1n) is 4.83. The second kappa shape index (κ2) is 5.12. The maximum Gasteiger partial charge on any atom is 0.186 e. The monoisotopic (exact) mass is 276 g/mol. The first-order valence-corrected chi connectivity index (χ1v) is 6.76. The molecule has 0 unspecified atom stereocenters. The Labute approximate surface area is 98.5 Å². The molecule has 0 aliphatic carbocycles. The summed E-state index contributed by atoms with van der Waals surface area (Å²) in [6.45, 7) is 9.62. The Morgan fingerprint density at radius 1 is 1.43 bits per heavy atom. The fraction of sp³-hybridized carbons (Fsp3) is 0.700. The summed E-state index contributed by atoms with van der Waals surface area (Å²) < 4.78 is 0.